The lowest BCUT2D eigenvalue weighted by Gasteiger charge is -2.39. The van der Waals surface area contributed by atoms with Gasteiger partial charge in [-0.3, -0.25) is 4.79 Å². The first-order valence-electron chi connectivity index (χ1n) is 8.80. The first kappa shape index (κ1) is 18.5. The zero-order valence-corrected chi connectivity index (χ0v) is 14.7. The lowest BCUT2D eigenvalue weighted by Crippen LogP contribution is -2.44. The zero-order chi connectivity index (χ0) is 16.0. The van der Waals surface area contributed by atoms with E-state index < -0.39 is 0 Å². The molecule has 3 heteroatoms. The number of nitrogens with two attached hydrogens (primary N) is 1. The maximum Gasteiger partial charge on any atom is 0.224 e. The van der Waals surface area contributed by atoms with E-state index in [1.807, 2.05) is 0 Å². The van der Waals surface area contributed by atoms with Gasteiger partial charge in [0.05, 0.1) is 5.92 Å². The summed E-state index contributed by atoms with van der Waals surface area (Å²) in [5.41, 5.74) is 6.20. The Balaban J connectivity index is 2.43. The van der Waals surface area contributed by atoms with Crippen molar-refractivity contribution in [2.24, 2.45) is 28.9 Å². The standard InChI is InChI=1S/C18H36N2O/c1-6-18(4,5)15-7-9-16(10-8-15)20-17(21)14(12-19)11-13(2)3/h13-16H,6-12,19H2,1-5H3,(H,20,21). The molecular weight excluding hydrogens is 260 g/mol. The Morgan fingerprint density at radius 2 is 1.81 bits per heavy atom. The van der Waals surface area contributed by atoms with Gasteiger partial charge in [0, 0.05) is 12.6 Å². The van der Waals surface area contributed by atoms with Gasteiger partial charge >= 0.3 is 0 Å². The summed E-state index contributed by atoms with van der Waals surface area (Å²) < 4.78 is 0. The molecule has 1 aliphatic carbocycles. The minimum atomic E-state index is -0.0187. The average molecular weight is 296 g/mol. The fourth-order valence-electron chi connectivity index (χ4n) is 3.51. The van der Waals surface area contributed by atoms with E-state index >= 15 is 0 Å². The zero-order valence-electron chi connectivity index (χ0n) is 14.7. The Bertz CT molecular complexity index is 317. The maximum absolute atomic E-state index is 12.3. The third-order valence-corrected chi connectivity index (χ3v) is 5.50. The molecular formula is C18H36N2O. The Morgan fingerprint density at radius 1 is 1.24 bits per heavy atom. The topological polar surface area (TPSA) is 55.1 Å². The monoisotopic (exact) mass is 296 g/mol. The van der Waals surface area contributed by atoms with Crippen molar-refractivity contribution in [3.05, 3.63) is 0 Å². The van der Waals surface area contributed by atoms with E-state index in [9.17, 15) is 4.79 Å². The Kier molecular flexibility index (Phi) is 7.19. The highest BCUT2D eigenvalue weighted by atomic mass is 16.1. The summed E-state index contributed by atoms with van der Waals surface area (Å²) >= 11 is 0. The molecule has 0 aromatic carbocycles. The molecule has 21 heavy (non-hydrogen) atoms. The van der Waals surface area contributed by atoms with Gasteiger partial charge in [-0.2, -0.15) is 0 Å². The van der Waals surface area contributed by atoms with Gasteiger partial charge in [-0.1, -0.05) is 41.0 Å². The third-order valence-electron chi connectivity index (χ3n) is 5.50. The summed E-state index contributed by atoms with van der Waals surface area (Å²) in [4.78, 5) is 12.3. The molecule has 1 fully saturated rings. The summed E-state index contributed by atoms with van der Waals surface area (Å²) in [7, 11) is 0. The number of rotatable bonds is 7. The molecule has 0 aliphatic heterocycles. The number of nitrogens with one attached hydrogen (secondary N) is 1. The third kappa shape index (κ3) is 5.61. The molecule has 1 aliphatic rings. The van der Waals surface area contributed by atoms with E-state index in [1.54, 1.807) is 0 Å². The second-order valence-corrected chi connectivity index (χ2v) is 7.96. The summed E-state index contributed by atoms with van der Waals surface area (Å²) in [6.07, 6.45) is 6.85. The fraction of sp³-hybridized carbons (Fsp3) is 0.944. The molecule has 0 aromatic heterocycles. The van der Waals surface area contributed by atoms with Crippen LogP contribution >= 0.6 is 0 Å². The smallest absolute Gasteiger partial charge is 0.224 e. The normalized spacial score (nSPS) is 24.9. The minimum absolute atomic E-state index is 0.0187. The highest BCUT2D eigenvalue weighted by molar-refractivity contribution is 5.79. The van der Waals surface area contributed by atoms with Gasteiger partial charge in [0.15, 0.2) is 0 Å². The van der Waals surface area contributed by atoms with Crippen LogP contribution in [0.25, 0.3) is 0 Å². The summed E-state index contributed by atoms with van der Waals surface area (Å²) in [6.45, 7) is 11.8. The van der Waals surface area contributed by atoms with Crippen molar-refractivity contribution in [1.82, 2.24) is 5.32 Å². The van der Waals surface area contributed by atoms with E-state index in [1.165, 1.54) is 19.3 Å². The van der Waals surface area contributed by atoms with Gasteiger partial charge in [-0.05, 0) is 49.4 Å². The van der Waals surface area contributed by atoms with Crippen LogP contribution in [0.5, 0.6) is 0 Å². The SMILES string of the molecule is CCC(C)(C)C1CCC(NC(=O)C(CN)CC(C)C)CC1. The molecule has 1 atom stereocenters. The first-order valence-corrected chi connectivity index (χ1v) is 8.80. The molecule has 0 heterocycles. The fourth-order valence-corrected chi connectivity index (χ4v) is 3.51. The molecule has 3 N–H and O–H groups in total. The Hall–Kier alpha value is -0.570. The van der Waals surface area contributed by atoms with Gasteiger partial charge in [0.2, 0.25) is 5.91 Å². The van der Waals surface area contributed by atoms with Gasteiger partial charge in [-0.15, -0.1) is 0 Å². The van der Waals surface area contributed by atoms with Crippen molar-refractivity contribution < 1.29 is 4.79 Å². The van der Waals surface area contributed by atoms with Gasteiger partial charge in [0.1, 0.15) is 0 Å². The Labute approximate surface area is 131 Å². The lowest BCUT2D eigenvalue weighted by atomic mass is 9.69. The molecule has 0 radical (unpaired) electrons. The predicted molar refractivity (Wildman–Crippen MR) is 90.0 cm³/mol. The summed E-state index contributed by atoms with van der Waals surface area (Å²) in [5.74, 6) is 1.47. The molecule has 0 bridgehead atoms. The van der Waals surface area contributed by atoms with E-state index in [-0.39, 0.29) is 11.8 Å². The highest BCUT2D eigenvalue weighted by Gasteiger charge is 2.32. The molecule has 0 saturated heterocycles. The van der Waals surface area contributed by atoms with Gasteiger partial charge in [-0.25, -0.2) is 0 Å². The van der Waals surface area contributed by atoms with Crippen molar-refractivity contribution in [3.8, 4) is 0 Å². The predicted octanol–water partition coefficient (Wildman–Crippen LogP) is 3.72. The van der Waals surface area contributed by atoms with E-state index in [0.717, 1.165) is 25.2 Å². The summed E-state index contributed by atoms with van der Waals surface area (Å²) in [5, 5.41) is 3.25. The van der Waals surface area contributed by atoms with Crippen LogP contribution < -0.4 is 11.1 Å². The van der Waals surface area contributed by atoms with Crippen molar-refractivity contribution in [2.75, 3.05) is 6.54 Å². The van der Waals surface area contributed by atoms with Gasteiger partial charge < -0.3 is 11.1 Å². The van der Waals surface area contributed by atoms with Crippen LogP contribution in [0.3, 0.4) is 0 Å². The van der Waals surface area contributed by atoms with Crippen LogP contribution in [0.4, 0.5) is 0 Å². The minimum Gasteiger partial charge on any atom is -0.353 e. The maximum atomic E-state index is 12.3. The number of carbonyl (C=O) groups excluding carboxylic acids is 1. The quantitative estimate of drug-likeness (QED) is 0.752. The van der Waals surface area contributed by atoms with Crippen LogP contribution in [0.2, 0.25) is 0 Å². The van der Waals surface area contributed by atoms with Crippen LogP contribution in [0.1, 0.15) is 73.1 Å². The Morgan fingerprint density at radius 3 is 2.24 bits per heavy atom. The van der Waals surface area contributed by atoms with E-state index in [4.69, 9.17) is 5.73 Å². The second kappa shape index (κ2) is 8.17. The molecule has 124 valence electrons. The summed E-state index contributed by atoms with van der Waals surface area (Å²) in [6, 6.07) is 0.364. The second-order valence-electron chi connectivity index (χ2n) is 7.96. The molecule has 1 unspecified atom stereocenters. The lowest BCUT2D eigenvalue weighted by molar-refractivity contribution is -0.126. The number of hydrogen-bond acceptors (Lipinski definition) is 2. The molecule has 0 aromatic rings. The average Bonchev–Trinajstić information content (AvgIpc) is 2.45. The first-order chi connectivity index (χ1) is 9.80. The van der Waals surface area contributed by atoms with Crippen LogP contribution in [0.15, 0.2) is 0 Å². The number of carbonyl (C=O) groups is 1. The van der Waals surface area contributed by atoms with E-state index in [0.29, 0.717) is 23.9 Å². The van der Waals surface area contributed by atoms with E-state index in [2.05, 4.69) is 39.9 Å². The van der Waals surface area contributed by atoms with Crippen LogP contribution in [-0.4, -0.2) is 18.5 Å². The van der Waals surface area contributed by atoms with Crippen LogP contribution in [0, 0.1) is 23.2 Å². The number of amides is 1. The van der Waals surface area contributed by atoms with Crippen molar-refractivity contribution in [1.29, 1.82) is 0 Å². The van der Waals surface area contributed by atoms with Crippen LogP contribution in [-0.2, 0) is 4.79 Å². The van der Waals surface area contributed by atoms with Crippen molar-refractivity contribution in [3.63, 3.8) is 0 Å². The molecule has 1 amide bonds. The van der Waals surface area contributed by atoms with Crippen molar-refractivity contribution in [2.45, 2.75) is 79.2 Å². The van der Waals surface area contributed by atoms with Crippen molar-refractivity contribution >= 4 is 5.91 Å². The van der Waals surface area contributed by atoms with Gasteiger partial charge in [0.25, 0.3) is 0 Å². The molecule has 3 nitrogen and oxygen atoms in total. The number of hydrogen-bond donors (Lipinski definition) is 2. The largest absolute Gasteiger partial charge is 0.353 e. The molecule has 1 rings (SSSR count). The molecule has 1 saturated carbocycles. The highest BCUT2D eigenvalue weighted by Crippen LogP contribution is 2.40. The molecule has 0 spiro atoms.